The van der Waals surface area contributed by atoms with E-state index in [1.807, 2.05) is 19.1 Å². The number of benzene rings is 1. The predicted octanol–water partition coefficient (Wildman–Crippen LogP) is 2.57. The molecular weight excluding hydrogens is 228 g/mol. The second-order valence-corrected chi connectivity index (χ2v) is 4.08. The molecule has 0 radical (unpaired) electrons. The highest BCUT2D eigenvalue weighted by Crippen LogP contribution is 2.26. The fourth-order valence-electron chi connectivity index (χ4n) is 1.67. The van der Waals surface area contributed by atoms with Gasteiger partial charge in [0.1, 0.15) is 0 Å². The first-order chi connectivity index (χ1) is 8.71. The van der Waals surface area contributed by atoms with Crippen LogP contribution in [0.25, 0.3) is 0 Å². The predicted molar refractivity (Wildman–Crippen MR) is 70.4 cm³/mol. The van der Waals surface area contributed by atoms with Crippen LogP contribution in [0.4, 0.5) is 0 Å². The summed E-state index contributed by atoms with van der Waals surface area (Å²) in [7, 11) is 0. The number of nitrogens with one attached hydrogen (secondary N) is 1. The van der Waals surface area contributed by atoms with Gasteiger partial charge < -0.3 is 15.2 Å². The minimum Gasteiger partial charge on any atom is -0.504 e. The Morgan fingerprint density at radius 3 is 2.83 bits per heavy atom. The number of hydrogen-bond donors (Lipinski definition) is 2. The molecule has 0 amide bonds. The Kier molecular flexibility index (Phi) is 6.03. The first kappa shape index (κ1) is 14.3. The van der Waals surface area contributed by atoms with Crippen molar-refractivity contribution in [2.24, 2.45) is 0 Å². The molecular formula is C14H20N2O2. The van der Waals surface area contributed by atoms with Crippen molar-refractivity contribution in [1.29, 1.82) is 5.26 Å². The van der Waals surface area contributed by atoms with Crippen LogP contribution >= 0.6 is 0 Å². The van der Waals surface area contributed by atoms with Gasteiger partial charge in [0.25, 0.3) is 0 Å². The maximum atomic E-state index is 9.59. The van der Waals surface area contributed by atoms with Crippen LogP contribution in [-0.4, -0.2) is 17.8 Å². The van der Waals surface area contributed by atoms with E-state index < -0.39 is 0 Å². The Balaban J connectivity index is 2.62. The number of hydrogen-bond acceptors (Lipinski definition) is 4. The molecule has 0 aliphatic rings. The van der Waals surface area contributed by atoms with E-state index in [-0.39, 0.29) is 11.8 Å². The maximum absolute atomic E-state index is 9.59. The molecule has 0 heterocycles. The number of aromatic hydroxyl groups is 1. The van der Waals surface area contributed by atoms with Crippen molar-refractivity contribution in [3.05, 3.63) is 23.8 Å². The van der Waals surface area contributed by atoms with E-state index in [0.29, 0.717) is 25.3 Å². The summed E-state index contributed by atoms with van der Waals surface area (Å²) in [6.07, 6.45) is 1.43. The van der Waals surface area contributed by atoms with Gasteiger partial charge in [-0.25, -0.2) is 0 Å². The second kappa shape index (κ2) is 7.57. The van der Waals surface area contributed by atoms with Crippen LogP contribution in [0, 0.1) is 11.3 Å². The van der Waals surface area contributed by atoms with Crippen LogP contribution in [0.5, 0.6) is 11.5 Å². The summed E-state index contributed by atoms with van der Waals surface area (Å²) in [5.74, 6) is 0.662. The molecule has 0 saturated carbocycles. The average molecular weight is 248 g/mol. The first-order valence-electron chi connectivity index (χ1n) is 6.26. The maximum Gasteiger partial charge on any atom is 0.161 e. The van der Waals surface area contributed by atoms with E-state index in [2.05, 4.69) is 18.3 Å². The number of rotatable bonds is 7. The molecule has 1 atom stereocenters. The molecule has 2 N–H and O–H groups in total. The van der Waals surface area contributed by atoms with Crippen molar-refractivity contribution in [2.45, 2.75) is 39.3 Å². The van der Waals surface area contributed by atoms with Gasteiger partial charge in [0, 0.05) is 12.6 Å². The first-order valence-corrected chi connectivity index (χ1v) is 6.26. The van der Waals surface area contributed by atoms with Crippen LogP contribution in [0.1, 0.15) is 32.3 Å². The third-order valence-electron chi connectivity index (χ3n) is 2.75. The summed E-state index contributed by atoms with van der Waals surface area (Å²) in [5.41, 5.74) is 1.03. The molecule has 1 aromatic carbocycles. The van der Waals surface area contributed by atoms with Crippen molar-refractivity contribution in [1.82, 2.24) is 5.32 Å². The van der Waals surface area contributed by atoms with E-state index in [1.165, 1.54) is 0 Å². The molecule has 1 unspecified atom stereocenters. The summed E-state index contributed by atoms with van der Waals surface area (Å²) < 4.78 is 5.33. The molecule has 1 aromatic rings. The summed E-state index contributed by atoms with van der Waals surface area (Å²) in [6, 6.07) is 7.68. The lowest BCUT2D eigenvalue weighted by Crippen LogP contribution is -2.27. The van der Waals surface area contributed by atoms with Crippen LogP contribution in [0.2, 0.25) is 0 Å². The van der Waals surface area contributed by atoms with Crippen molar-refractivity contribution in [3.63, 3.8) is 0 Å². The van der Waals surface area contributed by atoms with Crippen LogP contribution < -0.4 is 10.1 Å². The highest BCUT2D eigenvalue weighted by Gasteiger charge is 2.07. The number of nitrogens with zero attached hydrogens (tertiary/aromatic N) is 1. The number of ether oxygens (including phenoxy) is 1. The highest BCUT2D eigenvalue weighted by atomic mass is 16.5. The van der Waals surface area contributed by atoms with Gasteiger partial charge in [0.15, 0.2) is 11.5 Å². The van der Waals surface area contributed by atoms with Crippen LogP contribution in [-0.2, 0) is 6.54 Å². The molecule has 0 fully saturated rings. The zero-order chi connectivity index (χ0) is 13.4. The Hall–Kier alpha value is -1.73. The SMILES string of the molecule is CCOc1cc(CNC(CC)CC#N)ccc1O. The summed E-state index contributed by atoms with van der Waals surface area (Å²) in [4.78, 5) is 0. The lowest BCUT2D eigenvalue weighted by atomic mass is 10.1. The number of nitriles is 1. The van der Waals surface area contributed by atoms with E-state index >= 15 is 0 Å². The lowest BCUT2D eigenvalue weighted by Gasteiger charge is -2.14. The fraction of sp³-hybridized carbons (Fsp3) is 0.500. The summed E-state index contributed by atoms with van der Waals surface area (Å²) >= 11 is 0. The monoisotopic (exact) mass is 248 g/mol. The quantitative estimate of drug-likeness (QED) is 0.778. The van der Waals surface area contributed by atoms with Gasteiger partial charge in [-0.05, 0) is 31.0 Å². The third kappa shape index (κ3) is 4.27. The molecule has 0 aliphatic heterocycles. The average Bonchev–Trinajstić information content (AvgIpc) is 2.38. The van der Waals surface area contributed by atoms with Crippen molar-refractivity contribution < 1.29 is 9.84 Å². The van der Waals surface area contributed by atoms with Gasteiger partial charge in [-0.2, -0.15) is 5.26 Å². The minimum atomic E-state index is 0.157. The molecule has 0 aromatic heterocycles. The summed E-state index contributed by atoms with van der Waals surface area (Å²) in [6.45, 7) is 5.12. The van der Waals surface area contributed by atoms with E-state index in [4.69, 9.17) is 10.00 Å². The molecule has 1 rings (SSSR count). The van der Waals surface area contributed by atoms with Crippen LogP contribution in [0.15, 0.2) is 18.2 Å². The molecule has 0 spiro atoms. The molecule has 0 bridgehead atoms. The Morgan fingerprint density at radius 2 is 2.22 bits per heavy atom. The second-order valence-electron chi connectivity index (χ2n) is 4.08. The van der Waals surface area contributed by atoms with E-state index in [9.17, 15) is 5.11 Å². The Bertz CT molecular complexity index is 413. The van der Waals surface area contributed by atoms with Crippen LogP contribution in [0.3, 0.4) is 0 Å². The minimum absolute atomic E-state index is 0.157. The third-order valence-corrected chi connectivity index (χ3v) is 2.75. The molecule has 4 heteroatoms. The van der Waals surface area contributed by atoms with E-state index in [0.717, 1.165) is 12.0 Å². The number of phenols is 1. The fourth-order valence-corrected chi connectivity index (χ4v) is 1.67. The Morgan fingerprint density at radius 1 is 1.44 bits per heavy atom. The van der Waals surface area contributed by atoms with E-state index in [1.54, 1.807) is 6.07 Å². The Labute approximate surface area is 108 Å². The van der Waals surface area contributed by atoms with Crippen molar-refractivity contribution in [2.75, 3.05) is 6.61 Å². The van der Waals surface area contributed by atoms with Crippen molar-refractivity contribution in [3.8, 4) is 17.6 Å². The standard InChI is InChI=1S/C14H20N2O2/c1-3-12(7-8-15)16-10-11-5-6-13(17)14(9-11)18-4-2/h5-6,9,12,16-17H,3-4,7,10H2,1-2H3. The zero-order valence-corrected chi connectivity index (χ0v) is 10.9. The normalized spacial score (nSPS) is 11.8. The smallest absolute Gasteiger partial charge is 0.161 e. The highest BCUT2D eigenvalue weighted by molar-refractivity contribution is 5.41. The van der Waals surface area contributed by atoms with Crippen molar-refractivity contribution >= 4 is 0 Å². The van der Waals surface area contributed by atoms with Gasteiger partial charge >= 0.3 is 0 Å². The van der Waals surface area contributed by atoms with Gasteiger partial charge in [-0.15, -0.1) is 0 Å². The molecule has 18 heavy (non-hydrogen) atoms. The summed E-state index contributed by atoms with van der Waals surface area (Å²) in [5, 5.41) is 21.6. The topological polar surface area (TPSA) is 65.3 Å². The molecule has 0 aliphatic carbocycles. The van der Waals surface area contributed by atoms with Gasteiger partial charge in [0.05, 0.1) is 19.1 Å². The molecule has 98 valence electrons. The van der Waals surface area contributed by atoms with Gasteiger partial charge in [-0.3, -0.25) is 0 Å². The molecule has 4 nitrogen and oxygen atoms in total. The van der Waals surface area contributed by atoms with Gasteiger partial charge in [0.2, 0.25) is 0 Å². The lowest BCUT2D eigenvalue weighted by molar-refractivity contribution is 0.317. The molecule has 0 saturated heterocycles. The largest absolute Gasteiger partial charge is 0.504 e. The number of phenolic OH excluding ortho intramolecular Hbond substituents is 1. The zero-order valence-electron chi connectivity index (χ0n) is 10.9. The van der Waals surface area contributed by atoms with Gasteiger partial charge in [-0.1, -0.05) is 13.0 Å².